The van der Waals surface area contributed by atoms with Gasteiger partial charge in [0.2, 0.25) is 0 Å². The third-order valence-electron chi connectivity index (χ3n) is 3.46. The van der Waals surface area contributed by atoms with Gasteiger partial charge >= 0.3 is 0 Å². The summed E-state index contributed by atoms with van der Waals surface area (Å²) >= 11 is 0. The summed E-state index contributed by atoms with van der Waals surface area (Å²) in [5.41, 5.74) is 1.05. The Morgan fingerprint density at radius 3 is 3.11 bits per heavy atom. The first-order valence-corrected chi connectivity index (χ1v) is 6.44. The number of phenolic OH excluding ortho intramolecular Hbond substituents is 1. The van der Waals surface area contributed by atoms with E-state index in [4.69, 9.17) is 0 Å². The first-order valence-electron chi connectivity index (χ1n) is 6.44. The minimum absolute atomic E-state index is 0.296. The molecule has 3 rings (SSSR count). The van der Waals surface area contributed by atoms with Crippen LogP contribution in [0.1, 0.15) is 43.0 Å². The van der Waals surface area contributed by atoms with Gasteiger partial charge in [0.05, 0.1) is 6.04 Å². The van der Waals surface area contributed by atoms with Gasteiger partial charge in [-0.1, -0.05) is 12.1 Å². The molecule has 1 unspecified atom stereocenters. The van der Waals surface area contributed by atoms with Gasteiger partial charge in [-0.3, -0.25) is 0 Å². The predicted molar refractivity (Wildman–Crippen MR) is 68.6 cm³/mol. The second-order valence-corrected chi connectivity index (χ2v) is 4.98. The van der Waals surface area contributed by atoms with Crippen LogP contribution in [0.25, 0.3) is 0 Å². The maximum Gasteiger partial charge on any atom is 0.155 e. The molecule has 2 heterocycles. The van der Waals surface area contributed by atoms with E-state index in [9.17, 15) is 5.11 Å². The van der Waals surface area contributed by atoms with E-state index >= 15 is 0 Å². The number of benzene rings is 1. The van der Waals surface area contributed by atoms with E-state index < -0.39 is 0 Å². The molecule has 4 heteroatoms. The third-order valence-corrected chi connectivity index (χ3v) is 3.46. The molecule has 0 saturated heterocycles. The topological polar surface area (TPSA) is 50.9 Å². The van der Waals surface area contributed by atoms with Gasteiger partial charge in [-0.05, 0) is 37.5 Å². The molecular weight excluding hydrogens is 226 g/mol. The number of nitrogens with zero attached hydrogens (tertiary/aromatic N) is 3. The number of rotatable bonds is 2. The molecule has 1 N–H and O–H groups in total. The number of aromatic hydroxyl groups is 1. The summed E-state index contributed by atoms with van der Waals surface area (Å²) in [6.07, 6.45) is 4.09. The Bertz CT molecular complexity index is 562. The van der Waals surface area contributed by atoms with E-state index in [1.807, 2.05) is 12.1 Å². The van der Waals surface area contributed by atoms with Crippen LogP contribution < -0.4 is 0 Å². The zero-order chi connectivity index (χ0) is 12.5. The Hall–Kier alpha value is -1.84. The molecular formula is C14H17N3O. The highest BCUT2D eigenvalue weighted by atomic mass is 16.3. The first-order chi connectivity index (χ1) is 8.72. The molecule has 0 amide bonds. The molecule has 0 saturated carbocycles. The lowest BCUT2D eigenvalue weighted by atomic mass is 10.1. The number of hydrogen-bond donors (Lipinski definition) is 1. The highest BCUT2D eigenvalue weighted by Crippen LogP contribution is 2.23. The van der Waals surface area contributed by atoms with Crippen LogP contribution in [0, 0.1) is 0 Å². The lowest BCUT2D eigenvalue weighted by Crippen LogP contribution is -2.16. The Balaban J connectivity index is 1.85. The fourth-order valence-corrected chi connectivity index (χ4v) is 2.53. The number of aromatic nitrogens is 3. The molecule has 0 radical (unpaired) electrons. The summed E-state index contributed by atoms with van der Waals surface area (Å²) in [7, 11) is 0. The van der Waals surface area contributed by atoms with Gasteiger partial charge in [0, 0.05) is 12.8 Å². The van der Waals surface area contributed by atoms with Crippen molar-refractivity contribution in [2.45, 2.75) is 38.6 Å². The third kappa shape index (κ3) is 2.10. The van der Waals surface area contributed by atoms with E-state index in [1.165, 1.54) is 12.8 Å². The minimum Gasteiger partial charge on any atom is -0.508 e. The van der Waals surface area contributed by atoms with Crippen LogP contribution in [0.15, 0.2) is 24.3 Å². The van der Waals surface area contributed by atoms with Crippen LogP contribution in [0.3, 0.4) is 0 Å². The molecule has 94 valence electrons. The number of aryl methyl sites for hydroxylation is 1. The van der Waals surface area contributed by atoms with Crippen molar-refractivity contribution in [2.75, 3.05) is 0 Å². The average Bonchev–Trinajstić information content (AvgIpc) is 2.73. The lowest BCUT2D eigenvalue weighted by molar-refractivity contribution is 0.387. The van der Waals surface area contributed by atoms with Gasteiger partial charge in [-0.25, -0.2) is 9.67 Å². The van der Waals surface area contributed by atoms with Crippen LogP contribution in [0.5, 0.6) is 5.75 Å². The standard InChI is InChI=1S/C14H17N3O/c1-10-4-2-7-14-15-13(16-17(10)14)9-11-5-3-6-12(18)8-11/h3,5-6,8,10,18H,2,4,7,9H2,1H3. The molecule has 2 aromatic rings. The Kier molecular flexibility index (Phi) is 2.78. The van der Waals surface area contributed by atoms with Gasteiger partial charge in [0.25, 0.3) is 0 Å². The van der Waals surface area contributed by atoms with Gasteiger partial charge < -0.3 is 5.11 Å². The number of hydrogen-bond acceptors (Lipinski definition) is 3. The molecule has 1 aromatic carbocycles. The number of fused-ring (bicyclic) bond motifs is 1. The van der Waals surface area contributed by atoms with E-state index in [0.29, 0.717) is 18.2 Å². The van der Waals surface area contributed by atoms with Gasteiger partial charge in [-0.2, -0.15) is 5.10 Å². The van der Waals surface area contributed by atoms with Crippen LogP contribution in [-0.2, 0) is 12.8 Å². The molecule has 0 fully saturated rings. The summed E-state index contributed by atoms with van der Waals surface area (Å²) in [6, 6.07) is 7.74. The molecule has 1 aliphatic heterocycles. The fraction of sp³-hybridized carbons (Fsp3) is 0.429. The predicted octanol–water partition coefficient (Wildman–Crippen LogP) is 2.47. The van der Waals surface area contributed by atoms with Crippen LogP contribution in [-0.4, -0.2) is 19.9 Å². The highest BCUT2D eigenvalue weighted by Gasteiger charge is 2.19. The largest absolute Gasteiger partial charge is 0.508 e. The Labute approximate surface area is 106 Å². The molecule has 18 heavy (non-hydrogen) atoms. The highest BCUT2D eigenvalue weighted by molar-refractivity contribution is 5.29. The fourth-order valence-electron chi connectivity index (χ4n) is 2.53. The molecule has 0 aliphatic carbocycles. The second-order valence-electron chi connectivity index (χ2n) is 4.98. The van der Waals surface area contributed by atoms with Crippen molar-refractivity contribution < 1.29 is 5.11 Å². The van der Waals surface area contributed by atoms with Crippen molar-refractivity contribution >= 4 is 0 Å². The number of phenols is 1. The summed E-state index contributed by atoms with van der Waals surface area (Å²) in [6.45, 7) is 2.19. The summed E-state index contributed by atoms with van der Waals surface area (Å²) in [5, 5.41) is 14.0. The Morgan fingerprint density at radius 1 is 1.44 bits per heavy atom. The van der Waals surface area contributed by atoms with Gasteiger partial charge in [-0.15, -0.1) is 0 Å². The van der Waals surface area contributed by atoms with Gasteiger partial charge in [0.15, 0.2) is 5.82 Å². The maximum atomic E-state index is 9.45. The van der Waals surface area contributed by atoms with E-state index in [-0.39, 0.29) is 0 Å². The molecule has 4 nitrogen and oxygen atoms in total. The lowest BCUT2D eigenvalue weighted by Gasteiger charge is -2.18. The Morgan fingerprint density at radius 2 is 2.33 bits per heavy atom. The quantitative estimate of drug-likeness (QED) is 0.881. The minimum atomic E-state index is 0.296. The van der Waals surface area contributed by atoms with Crippen molar-refractivity contribution in [3.8, 4) is 5.75 Å². The van der Waals surface area contributed by atoms with Crippen LogP contribution in [0.4, 0.5) is 0 Å². The van der Waals surface area contributed by atoms with Crippen molar-refractivity contribution in [3.05, 3.63) is 41.5 Å². The summed E-state index contributed by atoms with van der Waals surface area (Å²) < 4.78 is 2.06. The zero-order valence-electron chi connectivity index (χ0n) is 10.5. The van der Waals surface area contributed by atoms with Crippen LogP contribution in [0.2, 0.25) is 0 Å². The first kappa shape index (κ1) is 11.3. The summed E-state index contributed by atoms with van der Waals surface area (Å²) in [4.78, 5) is 4.60. The van der Waals surface area contributed by atoms with E-state index in [2.05, 4.69) is 21.7 Å². The van der Waals surface area contributed by atoms with Gasteiger partial charge in [0.1, 0.15) is 11.6 Å². The monoisotopic (exact) mass is 243 g/mol. The molecule has 0 spiro atoms. The average molecular weight is 243 g/mol. The smallest absolute Gasteiger partial charge is 0.155 e. The maximum absolute atomic E-state index is 9.45. The van der Waals surface area contributed by atoms with E-state index in [0.717, 1.165) is 23.6 Å². The summed E-state index contributed by atoms with van der Waals surface area (Å²) in [5.74, 6) is 2.25. The zero-order valence-corrected chi connectivity index (χ0v) is 10.5. The van der Waals surface area contributed by atoms with Crippen molar-refractivity contribution in [2.24, 2.45) is 0 Å². The van der Waals surface area contributed by atoms with Crippen molar-refractivity contribution in [3.63, 3.8) is 0 Å². The normalized spacial score (nSPS) is 18.6. The second kappa shape index (κ2) is 4.44. The molecule has 1 aromatic heterocycles. The van der Waals surface area contributed by atoms with E-state index in [1.54, 1.807) is 12.1 Å². The van der Waals surface area contributed by atoms with Crippen LogP contribution >= 0.6 is 0 Å². The van der Waals surface area contributed by atoms with Crippen molar-refractivity contribution in [1.82, 2.24) is 14.8 Å². The van der Waals surface area contributed by atoms with Crippen molar-refractivity contribution in [1.29, 1.82) is 0 Å². The molecule has 0 bridgehead atoms. The molecule has 1 atom stereocenters. The SMILES string of the molecule is CC1CCCc2nc(Cc3cccc(O)c3)nn21. The molecule has 1 aliphatic rings.